The maximum absolute atomic E-state index is 11.2. The highest BCUT2D eigenvalue weighted by atomic mass is 16.5. The van der Waals surface area contributed by atoms with Gasteiger partial charge in [-0.1, -0.05) is 32.9 Å². The van der Waals surface area contributed by atoms with Gasteiger partial charge in [0.05, 0.1) is 32.8 Å². The molecule has 6 saturated carbocycles. The van der Waals surface area contributed by atoms with E-state index in [1.807, 2.05) is 6.92 Å². The van der Waals surface area contributed by atoms with Crippen LogP contribution in [0.25, 0.3) is 0 Å². The monoisotopic (exact) mass is 875 g/mol. The van der Waals surface area contributed by atoms with Gasteiger partial charge in [0.2, 0.25) is 0 Å². The summed E-state index contributed by atoms with van der Waals surface area (Å²) in [5.41, 5.74) is 0. The highest BCUT2D eigenvalue weighted by molar-refractivity contribution is 5.81. The van der Waals surface area contributed by atoms with Gasteiger partial charge in [0, 0.05) is 78.0 Å². The summed E-state index contributed by atoms with van der Waals surface area (Å²) in [6, 6.07) is 0. The molecule has 8 aliphatic rings. The van der Waals surface area contributed by atoms with Gasteiger partial charge >= 0.3 is 23.9 Å². The van der Waals surface area contributed by atoms with Crippen molar-refractivity contribution < 1.29 is 38.1 Å². The van der Waals surface area contributed by atoms with Crippen molar-refractivity contribution in [3.05, 3.63) is 25.3 Å². The van der Waals surface area contributed by atoms with Crippen LogP contribution in [0.1, 0.15) is 131 Å². The van der Waals surface area contributed by atoms with Crippen molar-refractivity contribution in [2.75, 3.05) is 91.9 Å². The standard InChI is InChI=1S/C12H24N2O2.2C10H16.2C5H8O2.C4H10N2.C4H8O2/c1-3-6-13-8-10-14(11-9-13)7-5-12(15)16-4-2;2*1-2-9-7-4-5-8(6-7)10(9)3-1;2*1-3-5(6)7-4-2;1-2-6-4-3-5-1;1-3-6-4(2)5/h3-11H2,1-2H3;2*7-10H,1-6H2;2*3H,1,4H2,2H3;5-6H,1-4H2;3H2,1-2H3. The largest absolute Gasteiger partial charge is 0.466 e. The zero-order valence-electron chi connectivity index (χ0n) is 40.1. The number of hydrogen-bond donors (Lipinski definition) is 2. The van der Waals surface area contributed by atoms with Crippen molar-refractivity contribution in [1.82, 2.24) is 20.4 Å². The first-order valence-corrected chi connectivity index (χ1v) is 24.8. The van der Waals surface area contributed by atoms with Crippen LogP contribution in [0.2, 0.25) is 0 Å². The topological polar surface area (TPSA) is 136 Å². The maximum atomic E-state index is 11.2. The number of fused-ring (bicyclic) bond motifs is 10. The van der Waals surface area contributed by atoms with Gasteiger partial charge in [-0.3, -0.25) is 9.59 Å². The van der Waals surface area contributed by atoms with Crippen LogP contribution in [-0.4, -0.2) is 126 Å². The highest BCUT2D eigenvalue weighted by Crippen LogP contribution is 2.59. The van der Waals surface area contributed by atoms with E-state index in [2.05, 4.69) is 54.7 Å². The van der Waals surface area contributed by atoms with Gasteiger partial charge in [-0.15, -0.1) is 0 Å². The first kappa shape index (κ1) is 55.3. The smallest absolute Gasteiger partial charge is 0.330 e. The predicted octanol–water partition coefficient (Wildman–Crippen LogP) is 7.85. The normalized spacial score (nSPS) is 28.2. The van der Waals surface area contributed by atoms with Crippen molar-refractivity contribution in [2.24, 2.45) is 47.3 Å². The quantitative estimate of drug-likeness (QED) is 0.119. The summed E-state index contributed by atoms with van der Waals surface area (Å²) in [5.74, 6) is 8.60. The number of carbonyl (C=O) groups is 4. The predicted molar refractivity (Wildman–Crippen MR) is 249 cm³/mol. The molecule has 2 saturated heterocycles. The molecule has 0 radical (unpaired) electrons. The van der Waals surface area contributed by atoms with E-state index in [1.165, 1.54) is 67.2 Å². The first-order chi connectivity index (χ1) is 30.0. The van der Waals surface area contributed by atoms with Crippen LogP contribution in [0.4, 0.5) is 0 Å². The van der Waals surface area contributed by atoms with Crippen LogP contribution in [-0.2, 0) is 38.1 Å². The number of esters is 4. The second-order valence-corrected chi connectivity index (χ2v) is 17.8. The van der Waals surface area contributed by atoms with Gasteiger partial charge < -0.3 is 39.4 Å². The van der Waals surface area contributed by atoms with E-state index in [0.717, 1.165) is 71.1 Å². The van der Waals surface area contributed by atoms with E-state index in [-0.39, 0.29) is 23.9 Å². The number of rotatable bonds is 11. The molecule has 0 aromatic carbocycles. The van der Waals surface area contributed by atoms with Crippen LogP contribution in [0.3, 0.4) is 0 Å². The fraction of sp³-hybridized carbons (Fsp3) is 0.840. The molecule has 2 heterocycles. The Morgan fingerprint density at radius 1 is 0.532 bits per heavy atom. The average Bonchev–Trinajstić information content (AvgIpc) is 4.15. The molecule has 0 amide bonds. The van der Waals surface area contributed by atoms with Crippen molar-refractivity contribution in [1.29, 1.82) is 0 Å². The summed E-state index contributed by atoms with van der Waals surface area (Å²) in [4.78, 5) is 46.0. The highest BCUT2D eigenvalue weighted by Gasteiger charge is 2.49. The van der Waals surface area contributed by atoms with E-state index in [4.69, 9.17) is 4.74 Å². The fourth-order valence-electron chi connectivity index (χ4n) is 11.3. The van der Waals surface area contributed by atoms with E-state index < -0.39 is 0 Å². The van der Waals surface area contributed by atoms with Crippen molar-refractivity contribution in [3.8, 4) is 0 Å². The Morgan fingerprint density at radius 2 is 0.887 bits per heavy atom. The van der Waals surface area contributed by atoms with Crippen LogP contribution in [0, 0.1) is 47.3 Å². The van der Waals surface area contributed by atoms with Gasteiger partial charge in [-0.05, 0) is 152 Å². The van der Waals surface area contributed by atoms with E-state index >= 15 is 0 Å². The molecule has 8 fully saturated rings. The molecular weight excluding hydrogens is 785 g/mol. The summed E-state index contributed by atoms with van der Waals surface area (Å²) in [6.45, 7) is 30.0. The van der Waals surface area contributed by atoms with Crippen LogP contribution in [0.15, 0.2) is 25.3 Å². The molecule has 2 aliphatic heterocycles. The molecule has 0 aromatic rings. The Bertz CT molecular complexity index is 1150. The van der Waals surface area contributed by atoms with Crippen molar-refractivity contribution in [3.63, 3.8) is 0 Å². The lowest BCUT2D eigenvalue weighted by atomic mass is 9.82. The average molecular weight is 875 g/mol. The Kier molecular flexibility index (Phi) is 30.1. The van der Waals surface area contributed by atoms with E-state index in [1.54, 1.807) is 97.8 Å². The van der Waals surface area contributed by atoms with Gasteiger partial charge in [-0.2, -0.15) is 0 Å². The van der Waals surface area contributed by atoms with E-state index in [0.29, 0.717) is 32.8 Å². The van der Waals surface area contributed by atoms with Gasteiger partial charge in [0.25, 0.3) is 0 Å². The van der Waals surface area contributed by atoms with Crippen LogP contribution in [0.5, 0.6) is 0 Å². The number of ether oxygens (including phenoxy) is 4. The lowest BCUT2D eigenvalue weighted by Crippen LogP contribution is -2.46. The molecule has 8 atom stereocenters. The lowest BCUT2D eigenvalue weighted by Gasteiger charge is -2.34. The molecule has 8 rings (SSSR count). The third-order valence-corrected chi connectivity index (χ3v) is 13.9. The number of nitrogens with zero attached hydrogens (tertiary/aromatic N) is 2. The summed E-state index contributed by atoms with van der Waals surface area (Å²) in [5, 5.41) is 6.44. The molecule has 4 bridgehead atoms. The van der Waals surface area contributed by atoms with E-state index in [9.17, 15) is 19.2 Å². The summed E-state index contributed by atoms with van der Waals surface area (Å²) >= 11 is 0. The molecule has 0 spiro atoms. The van der Waals surface area contributed by atoms with Crippen LogP contribution >= 0.6 is 0 Å². The first-order valence-electron chi connectivity index (χ1n) is 24.8. The molecule has 2 N–H and O–H groups in total. The van der Waals surface area contributed by atoms with Crippen molar-refractivity contribution in [2.45, 2.75) is 131 Å². The van der Waals surface area contributed by atoms with Crippen LogP contribution < -0.4 is 10.6 Å². The Hall–Kier alpha value is -2.80. The minimum atomic E-state index is -0.359. The molecular formula is C50H90N4O8. The second kappa shape index (κ2) is 33.7. The van der Waals surface area contributed by atoms with Crippen molar-refractivity contribution >= 4 is 23.9 Å². The fourth-order valence-corrected chi connectivity index (χ4v) is 11.3. The number of carbonyl (C=O) groups excluding carboxylic acids is 4. The zero-order valence-corrected chi connectivity index (χ0v) is 40.1. The number of nitrogens with one attached hydrogen (secondary N) is 2. The van der Waals surface area contributed by atoms with Gasteiger partial charge in [0.1, 0.15) is 0 Å². The third kappa shape index (κ3) is 21.7. The summed E-state index contributed by atoms with van der Waals surface area (Å²) in [6.07, 6.45) is 23.1. The molecule has 358 valence electrons. The number of hydrogen-bond acceptors (Lipinski definition) is 12. The van der Waals surface area contributed by atoms with Gasteiger partial charge in [0.15, 0.2) is 0 Å². The maximum Gasteiger partial charge on any atom is 0.330 e. The Labute approximate surface area is 377 Å². The minimum Gasteiger partial charge on any atom is -0.466 e. The summed E-state index contributed by atoms with van der Waals surface area (Å²) in [7, 11) is 0. The molecule has 8 unspecified atom stereocenters. The molecule has 0 aromatic heterocycles. The SMILES string of the molecule is C1CC2C3CCC(C3)C2C1.C1CC2C3CCC(C3)C2C1.C1CNCCN1.C=CC(=O)OCC.C=CC(=O)OCC.CCCN1CCN(CCC(=O)OCC)CC1.CCOC(C)=O. The minimum absolute atomic E-state index is 0.0708. The summed E-state index contributed by atoms with van der Waals surface area (Å²) < 4.78 is 18.2. The molecule has 62 heavy (non-hydrogen) atoms. The Morgan fingerprint density at radius 3 is 1.15 bits per heavy atom. The third-order valence-electron chi connectivity index (χ3n) is 13.9. The van der Waals surface area contributed by atoms with Gasteiger partial charge in [-0.25, -0.2) is 9.59 Å². The lowest BCUT2D eigenvalue weighted by molar-refractivity contribution is -0.143. The second-order valence-electron chi connectivity index (χ2n) is 17.8. The molecule has 12 heteroatoms. The molecule has 12 nitrogen and oxygen atoms in total. The Balaban J connectivity index is 0.000000257. The number of piperazine rings is 2. The molecule has 6 aliphatic carbocycles. The zero-order chi connectivity index (χ0) is 45.5.